The molecule has 0 aromatic carbocycles. The largest absolute Gasteiger partial charge is 0.320 e. The molecule has 9 nitrogen and oxygen atoms in total. The summed E-state index contributed by atoms with van der Waals surface area (Å²) in [5.41, 5.74) is 0.594. The Morgan fingerprint density at radius 1 is 1.50 bits per heavy atom. The van der Waals surface area contributed by atoms with Crippen molar-refractivity contribution in [2.24, 2.45) is 18.4 Å². The predicted octanol–water partition coefficient (Wildman–Crippen LogP) is 2.53. The molecular formula is C15H22N6O3. The van der Waals surface area contributed by atoms with Gasteiger partial charge in [0.15, 0.2) is 5.82 Å². The molecule has 0 saturated carbocycles. The van der Waals surface area contributed by atoms with Gasteiger partial charge in [0.05, 0.1) is 4.92 Å². The lowest BCUT2D eigenvalue weighted by Crippen LogP contribution is -2.19. The van der Waals surface area contributed by atoms with E-state index in [0.29, 0.717) is 11.7 Å². The number of amides is 1. The van der Waals surface area contributed by atoms with Crippen LogP contribution in [-0.2, 0) is 13.5 Å². The summed E-state index contributed by atoms with van der Waals surface area (Å²) in [7, 11) is 1.48. The van der Waals surface area contributed by atoms with E-state index in [1.165, 1.54) is 11.7 Å². The van der Waals surface area contributed by atoms with Crippen LogP contribution in [0.5, 0.6) is 0 Å². The van der Waals surface area contributed by atoms with Gasteiger partial charge in [-0.15, -0.1) is 0 Å². The fourth-order valence-electron chi connectivity index (χ4n) is 2.16. The third kappa shape index (κ3) is 3.79. The molecule has 2 aromatic heterocycles. The molecule has 0 unspecified atom stereocenters. The molecule has 130 valence electrons. The van der Waals surface area contributed by atoms with Gasteiger partial charge in [0.25, 0.3) is 5.91 Å². The molecule has 1 amide bonds. The molecule has 0 spiro atoms. The molecule has 0 saturated heterocycles. The minimum absolute atomic E-state index is 0.118. The SMILES string of the molecule is C[C@H](Cc1cc(NC(=O)c2c([N+](=O)[O-])cnn2C)n[nH]1)C(C)(C)C. The number of carbonyl (C=O) groups excluding carboxylic acids is 1. The molecule has 9 heteroatoms. The maximum atomic E-state index is 12.3. The Bertz CT molecular complexity index is 756. The Labute approximate surface area is 139 Å². The van der Waals surface area contributed by atoms with Crippen molar-refractivity contribution in [1.82, 2.24) is 20.0 Å². The third-order valence-electron chi connectivity index (χ3n) is 4.21. The Hall–Kier alpha value is -2.71. The van der Waals surface area contributed by atoms with Crippen LogP contribution >= 0.6 is 0 Å². The van der Waals surface area contributed by atoms with E-state index < -0.39 is 10.8 Å². The lowest BCUT2D eigenvalue weighted by molar-refractivity contribution is -0.385. The topological polar surface area (TPSA) is 119 Å². The zero-order chi connectivity index (χ0) is 18.1. The van der Waals surface area contributed by atoms with Crippen molar-refractivity contribution in [2.45, 2.75) is 34.1 Å². The predicted molar refractivity (Wildman–Crippen MR) is 88.7 cm³/mol. The van der Waals surface area contributed by atoms with E-state index in [2.05, 4.69) is 48.3 Å². The molecule has 0 bridgehead atoms. The van der Waals surface area contributed by atoms with Crippen molar-refractivity contribution in [1.29, 1.82) is 0 Å². The number of aromatic amines is 1. The minimum atomic E-state index is -0.636. The number of carbonyl (C=O) groups is 1. The van der Waals surface area contributed by atoms with E-state index in [4.69, 9.17) is 0 Å². The lowest BCUT2D eigenvalue weighted by atomic mass is 9.79. The number of rotatable bonds is 5. The lowest BCUT2D eigenvalue weighted by Gasteiger charge is -2.26. The van der Waals surface area contributed by atoms with Crippen LogP contribution < -0.4 is 5.32 Å². The zero-order valence-electron chi connectivity index (χ0n) is 14.5. The summed E-state index contributed by atoms with van der Waals surface area (Å²) in [5.74, 6) is 0.120. The number of hydrogen-bond donors (Lipinski definition) is 2. The third-order valence-corrected chi connectivity index (χ3v) is 4.21. The average Bonchev–Trinajstić information content (AvgIpc) is 3.04. The van der Waals surface area contributed by atoms with Gasteiger partial charge in [-0.05, 0) is 17.8 Å². The number of aryl methyl sites for hydroxylation is 1. The first kappa shape index (κ1) is 17.6. The van der Waals surface area contributed by atoms with Gasteiger partial charge in [-0.3, -0.25) is 24.7 Å². The second-order valence-electron chi connectivity index (χ2n) is 6.96. The second kappa shape index (κ2) is 6.42. The molecule has 2 heterocycles. The first-order chi connectivity index (χ1) is 11.1. The molecule has 2 N–H and O–H groups in total. The van der Waals surface area contributed by atoms with Crippen molar-refractivity contribution >= 4 is 17.4 Å². The number of nitrogens with one attached hydrogen (secondary N) is 2. The molecule has 1 atom stereocenters. The molecular weight excluding hydrogens is 312 g/mol. The van der Waals surface area contributed by atoms with E-state index in [9.17, 15) is 14.9 Å². The van der Waals surface area contributed by atoms with Gasteiger partial charge in [-0.1, -0.05) is 27.7 Å². The summed E-state index contributed by atoms with van der Waals surface area (Å²) in [4.78, 5) is 22.6. The molecule has 24 heavy (non-hydrogen) atoms. The fourth-order valence-corrected chi connectivity index (χ4v) is 2.16. The van der Waals surface area contributed by atoms with Gasteiger partial charge in [-0.2, -0.15) is 10.2 Å². The highest BCUT2D eigenvalue weighted by atomic mass is 16.6. The van der Waals surface area contributed by atoms with Gasteiger partial charge < -0.3 is 5.32 Å². The summed E-state index contributed by atoms with van der Waals surface area (Å²) in [6, 6.07) is 1.74. The van der Waals surface area contributed by atoms with Crippen molar-refractivity contribution in [3.05, 3.63) is 33.8 Å². The van der Waals surface area contributed by atoms with Crippen LogP contribution in [0.4, 0.5) is 11.5 Å². The van der Waals surface area contributed by atoms with Crippen LogP contribution in [0.25, 0.3) is 0 Å². The van der Waals surface area contributed by atoms with Crippen LogP contribution in [0, 0.1) is 21.4 Å². The summed E-state index contributed by atoms with van der Waals surface area (Å²) < 4.78 is 1.17. The first-order valence-corrected chi connectivity index (χ1v) is 7.61. The van der Waals surface area contributed by atoms with Crippen LogP contribution in [0.15, 0.2) is 12.3 Å². The zero-order valence-corrected chi connectivity index (χ0v) is 14.5. The molecule has 2 rings (SSSR count). The van der Waals surface area contributed by atoms with Gasteiger partial charge in [0.1, 0.15) is 6.20 Å². The normalized spacial score (nSPS) is 12.9. The van der Waals surface area contributed by atoms with Crippen LogP contribution in [0.1, 0.15) is 43.9 Å². The van der Waals surface area contributed by atoms with Gasteiger partial charge in [0.2, 0.25) is 5.69 Å². The van der Waals surface area contributed by atoms with Crippen molar-refractivity contribution in [3.63, 3.8) is 0 Å². The van der Waals surface area contributed by atoms with Gasteiger partial charge >= 0.3 is 5.69 Å². The highest BCUT2D eigenvalue weighted by Gasteiger charge is 2.26. The number of nitrogens with zero attached hydrogens (tertiary/aromatic N) is 4. The van der Waals surface area contributed by atoms with Crippen LogP contribution in [0.3, 0.4) is 0 Å². The molecule has 0 fully saturated rings. The molecule has 0 aliphatic heterocycles. The van der Waals surface area contributed by atoms with Crippen LogP contribution in [-0.4, -0.2) is 30.8 Å². The summed E-state index contributed by atoms with van der Waals surface area (Å²) >= 11 is 0. The summed E-state index contributed by atoms with van der Waals surface area (Å²) in [6.45, 7) is 8.65. The van der Waals surface area contributed by atoms with Gasteiger partial charge in [0, 0.05) is 18.8 Å². The maximum absolute atomic E-state index is 12.3. The second-order valence-corrected chi connectivity index (χ2v) is 6.96. The highest BCUT2D eigenvalue weighted by Crippen LogP contribution is 2.28. The van der Waals surface area contributed by atoms with Crippen LogP contribution in [0.2, 0.25) is 0 Å². The molecule has 0 radical (unpaired) electrons. The minimum Gasteiger partial charge on any atom is -0.304 e. The monoisotopic (exact) mass is 334 g/mol. The number of anilines is 1. The standard InChI is InChI=1S/C15H22N6O3/c1-9(15(2,3)4)6-10-7-12(19-18-10)17-14(22)13-11(21(23)24)8-16-20(13)5/h7-9H,6H2,1-5H3,(H2,17,18,19,22)/t9-/m1/s1. The quantitative estimate of drug-likeness (QED) is 0.643. The summed E-state index contributed by atoms with van der Waals surface area (Å²) in [5, 5.41) is 24.2. The molecule has 0 aliphatic rings. The Morgan fingerprint density at radius 3 is 2.75 bits per heavy atom. The Morgan fingerprint density at radius 2 is 2.17 bits per heavy atom. The summed E-state index contributed by atoms with van der Waals surface area (Å²) in [6.07, 6.45) is 1.84. The number of nitro groups is 1. The molecule has 2 aromatic rings. The Kier molecular flexibility index (Phi) is 4.72. The number of aromatic nitrogens is 4. The van der Waals surface area contributed by atoms with Crippen molar-refractivity contribution < 1.29 is 9.72 Å². The molecule has 0 aliphatic carbocycles. The van der Waals surface area contributed by atoms with Crippen molar-refractivity contribution in [3.8, 4) is 0 Å². The van der Waals surface area contributed by atoms with E-state index in [0.717, 1.165) is 18.3 Å². The first-order valence-electron chi connectivity index (χ1n) is 7.61. The number of H-pyrrole nitrogens is 1. The van der Waals surface area contributed by atoms with E-state index in [1.807, 2.05) is 0 Å². The average molecular weight is 334 g/mol. The smallest absolute Gasteiger partial charge is 0.304 e. The van der Waals surface area contributed by atoms with Crippen molar-refractivity contribution in [2.75, 3.05) is 5.32 Å². The fraction of sp³-hybridized carbons (Fsp3) is 0.533. The Balaban J connectivity index is 2.12. The maximum Gasteiger partial charge on any atom is 0.320 e. The van der Waals surface area contributed by atoms with E-state index in [-0.39, 0.29) is 16.8 Å². The van der Waals surface area contributed by atoms with E-state index in [1.54, 1.807) is 6.07 Å². The highest BCUT2D eigenvalue weighted by molar-refractivity contribution is 6.05. The number of hydrogen-bond acceptors (Lipinski definition) is 5. The van der Waals surface area contributed by atoms with Gasteiger partial charge in [-0.25, -0.2) is 0 Å². The van der Waals surface area contributed by atoms with E-state index >= 15 is 0 Å².